The quantitative estimate of drug-likeness (QED) is 0.743. The lowest BCUT2D eigenvalue weighted by Gasteiger charge is -2.36. The molecular weight excluding hydrogens is 416 g/mol. The van der Waals surface area contributed by atoms with Crippen molar-refractivity contribution in [1.29, 1.82) is 0 Å². The van der Waals surface area contributed by atoms with Crippen LogP contribution in [0.1, 0.15) is 54.4 Å². The maximum Gasteiger partial charge on any atom is 0.252 e. The second kappa shape index (κ2) is 8.26. The fourth-order valence-corrected chi connectivity index (χ4v) is 4.06. The molecule has 3 rings (SSSR count). The summed E-state index contributed by atoms with van der Waals surface area (Å²) in [6, 6.07) is 7.12. The molecule has 0 aliphatic heterocycles. The summed E-state index contributed by atoms with van der Waals surface area (Å²) >= 11 is 4.73. The average Bonchev–Trinajstić information content (AvgIpc) is 3.10. The van der Waals surface area contributed by atoms with E-state index in [0.29, 0.717) is 23.5 Å². The normalized spacial score (nSPS) is 16.1. The maximum absolute atomic E-state index is 13.0. The number of benzene rings is 1. The number of rotatable bonds is 5. The fraction of sp³-hybridized carbons (Fsp3) is 0.444. The number of nitrogens with one attached hydrogen (secondary N) is 2. The van der Waals surface area contributed by atoms with Crippen LogP contribution in [0.5, 0.6) is 0 Å². The van der Waals surface area contributed by atoms with Gasteiger partial charge < -0.3 is 5.32 Å². The molecule has 0 radical (unpaired) electrons. The Hall–Kier alpha value is -1.80. The molecule has 0 bridgehead atoms. The number of hydrogen-bond acceptors (Lipinski definition) is 5. The van der Waals surface area contributed by atoms with Crippen LogP contribution in [0, 0.1) is 0 Å². The highest BCUT2D eigenvalue weighted by atomic mass is 79.9. The summed E-state index contributed by atoms with van der Waals surface area (Å²) in [6.07, 6.45) is 4.91. The van der Waals surface area contributed by atoms with Crippen molar-refractivity contribution in [3.8, 4) is 0 Å². The molecule has 0 atom stereocenters. The van der Waals surface area contributed by atoms with Gasteiger partial charge in [-0.3, -0.25) is 14.9 Å². The Morgan fingerprint density at radius 1 is 1.15 bits per heavy atom. The molecule has 1 heterocycles. The smallest absolute Gasteiger partial charge is 0.252 e. The lowest BCUT2D eigenvalue weighted by atomic mass is 9.80. The van der Waals surface area contributed by atoms with Crippen molar-refractivity contribution in [2.75, 3.05) is 5.32 Å². The topological polar surface area (TPSA) is 84.0 Å². The Bertz CT molecular complexity index is 785. The van der Waals surface area contributed by atoms with Crippen molar-refractivity contribution in [3.05, 3.63) is 39.3 Å². The van der Waals surface area contributed by atoms with E-state index in [0.717, 1.165) is 35.2 Å². The van der Waals surface area contributed by atoms with E-state index in [4.69, 9.17) is 0 Å². The molecule has 6 nitrogen and oxygen atoms in total. The van der Waals surface area contributed by atoms with Gasteiger partial charge in [0.2, 0.25) is 5.13 Å². The first-order chi connectivity index (χ1) is 12.5. The van der Waals surface area contributed by atoms with E-state index in [2.05, 4.69) is 36.8 Å². The monoisotopic (exact) mass is 436 g/mol. The molecule has 2 amide bonds. The van der Waals surface area contributed by atoms with Crippen LogP contribution < -0.4 is 10.6 Å². The Morgan fingerprint density at radius 2 is 1.85 bits per heavy atom. The average molecular weight is 437 g/mol. The zero-order valence-corrected chi connectivity index (χ0v) is 17.0. The molecule has 1 aromatic carbocycles. The summed E-state index contributed by atoms with van der Waals surface area (Å²) < 4.78 is 0.905. The van der Waals surface area contributed by atoms with Crippen molar-refractivity contribution in [3.63, 3.8) is 0 Å². The summed E-state index contributed by atoms with van der Waals surface area (Å²) in [4.78, 5) is 25.7. The second-order valence-corrected chi connectivity index (χ2v) is 8.39. The standard InChI is InChI=1S/C18H21BrN4O2S/c1-2-14-22-23-17(26-14)20-16(25)18(10-4-3-5-11-18)21-15(24)12-6-8-13(19)9-7-12/h6-9H,2-5,10-11H2,1H3,(H,21,24)(H,20,23,25). The molecule has 26 heavy (non-hydrogen) atoms. The van der Waals surface area contributed by atoms with Crippen molar-refractivity contribution >= 4 is 44.2 Å². The Kier molecular flexibility index (Phi) is 6.03. The van der Waals surface area contributed by atoms with E-state index in [-0.39, 0.29) is 11.8 Å². The van der Waals surface area contributed by atoms with Crippen molar-refractivity contribution in [1.82, 2.24) is 15.5 Å². The number of amides is 2. The largest absolute Gasteiger partial charge is 0.338 e. The molecule has 1 aromatic heterocycles. The van der Waals surface area contributed by atoms with Gasteiger partial charge in [-0.25, -0.2) is 0 Å². The van der Waals surface area contributed by atoms with Crippen LogP contribution in [0.15, 0.2) is 28.7 Å². The lowest BCUT2D eigenvalue weighted by Crippen LogP contribution is -2.57. The van der Waals surface area contributed by atoms with Gasteiger partial charge in [0.05, 0.1) is 0 Å². The molecule has 2 N–H and O–H groups in total. The number of carbonyl (C=O) groups is 2. The molecule has 0 spiro atoms. The van der Waals surface area contributed by atoms with Gasteiger partial charge in [-0.2, -0.15) is 0 Å². The van der Waals surface area contributed by atoms with Gasteiger partial charge in [-0.1, -0.05) is 53.5 Å². The van der Waals surface area contributed by atoms with E-state index in [1.165, 1.54) is 11.3 Å². The molecule has 1 fully saturated rings. The Morgan fingerprint density at radius 3 is 2.46 bits per heavy atom. The molecule has 1 saturated carbocycles. The van der Waals surface area contributed by atoms with Crippen LogP contribution >= 0.6 is 27.3 Å². The zero-order valence-electron chi connectivity index (χ0n) is 14.5. The van der Waals surface area contributed by atoms with E-state index in [1.54, 1.807) is 12.1 Å². The number of halogens is 1. The van der Waals surface area contributed by atoms with E-state index in [1.807, 2.05) is 19.1 Å². The van der Waals surface area contributed by atoms with E-state index < -0.39 is 5.54 Å². The first kappa shape index (κ1) is 19.0. The SMILES string of the molecule is CCc1nnc(NC(=O)C2(NC(=O)c3ccc(Br)cc3)CCCCC2)s1. The van der Waals surface area contributed by atoms with Crippen LogP contribution in [0.4, 0.5) is 5.13 Å². The van der Waals surface area contributed by atoms with Crippen LogP contribution in [-0.2, 0) is 11.2 Å². The zero-order chi connectivity index (χ0) is 18.6. The van der Waals surface area contributed by atoms with Gasteiger partial charge in [0.15, 0.2) is 0 Å². The number of carbonyl (C=O) groups excluding carboxylic acids is 2. The highest BCUT2D eigenvalue weighted by molar-refractivity contribution is 9.10. The summed E-state index contributed by atoms with van der Waals surface area (Å²) in [5, 5.41) is 15.3. The molecule has 0 saturated heterocycles. The van der Waals surface area contributed by atoms with Gasteiger partial charge >= 0.3 is 0 Å². The molecular formula is C18H21BrN4O2S. The minimum absolute atomic E-state index is 0.207. The van der Waals surface area contributed by atoms with Crippen LogP contribution in [0.3, 0.4) is 0 Å². The number of aromatic nitrogens is 2. The molecule has 138 valence electrons. The highest BCUT2D eigenvalue weighted by Gasteiger charge is 2.41. The van der Waals surface area contributed by atoms with Crippen LogP contribution in [-0.4, -0.2) is 27.6 Å². The number of anilines is 1. The molecule has 8 heteroatoms. The van der Waals surface area contributed by atoms with Crippen molar-refractivity contribution in [2.45, 2.75) is 51.0 Å². The third-order valence-electron chi connectivity index (χ3n) is 4.59. The lowest BCUT2D eigenvalue weighted by molar-refractivity contribution is -0.123. The third-order valence-corrected chi connectivity index (χ3v) is 6.10. The van der Waals surface area contributed by atoms with Gasteiger partial charge in [0.1, 0.15) is 10.5 Å². The predicted octanol–water partition coefficient (Wildman–Crippen LogP) is 3.93. The van der Waals surface area contributed by atoms with E-state index >= 15 is 0 Å². The Balaban J connectivity index is 1.77. The summed E-state index contributed by atoms with van der Waals surface area (Å²) in [7, 11) is 0. The molecule has 1 aliphatic carbocycles. The van der Waals surface area contributed by atoms with Gasteiger partial charge in [0.25, 0.3) is 11.8 Å². The summed E-state index contributed by atoms with van der Waals surface area (Å²) in [6.45, 7) is 1.99. The second-order valence-electron chi connectivity index (χ2n) is 6.41. The number of nitrogens with zero attached hydrogens (tertiary/aromatic N) is 2. The van der Waals surface area contributed by atoms with Crippen molar-refractivity contribution < 1.29 is 9.59 Å². The molecule has 1 aliphatic rings. The first-order valence-corrected chi connectivity index (χ1v) is 10.4. The number of hydrogen-bond donors (Lipinski definition) is 2. The molecule has 0 unspecified atom stereocenters. The highest BCUT2D eigenvalue weighted by Crippen LogP contribution is 2.30. The van der Waals surface area contributed by atoms with Crippen LogP contribution in [0.2, 0.25) is 0 Å². The fourth-order valence-electron chi connectivity index (χ4n) is 3.12. The minimum atomic E-state index is -0.902. The molecule has 2 aromatic rings. The Labute approximate surface area is 164 Å². The van der Waals surface area contributed by atoms with Crippen molar-refractivity contribution in [2.24, 2.45) is 0 Å². The predicted molar refractivity (Wildman–Crippen MR) is 105 cm³/mol. The maximum atomic E-state index is 13.0. The minimum Gasteiger partial charge on any atom is -0.338 e. The summed E-state index contributed by atoms with van der Waals surface area (Å²) in [5.74, 6) is -0.442. The van der Waals surface area contributed by atoms with Crippen LogP contribution in [0.25, 0.3) is 0 Å². The number of aryl methyl sites for hydroxylation is 1. The summed E-state index contributed by atoms with van der Waals surface area (Å²) in [5.41, 5.74) is -0.365. The first-order valence-electron chi connectivity index (χ1n) is 8.74. The van der Waals surface area contributed by atoms with Gasteiger partial charge in [-0.15, -0.1) is 10.2 Å². The third kappa shape index (κ3) is 4.29. The van der Waals surface area contributed by atoms with Gasteiger partial charge in [-0.05, 0) is 43.5 Å². The van der Waals surface area contributed by atoms with Gasteiger partial charge in [0, 0.05) is 10.0 Å². The van der Waals surface area contributed by atoms with E-state index in [9.17, 15) is 9.59 Å².